The molecule has 5 heteroatoms. The third-order valence-electron chi connectivity index (χ3n) is 2.25. The molecule has 2 heterocycles. The lowest BCUT2D eigenvalue weighted by atomic mass is 10.3. The number of aromatic amines is 1. The average Bonchev–Trinajstić information content (AvgIpc) is 2.76. The van der Waals surface area contributed by atoms with E-state index in [0.717, 1.165) is 17.5 Å². The molecule has 0 spiro atoms. The number of rotatable bonds is 2. The minimum Gasteiger partial charge on any atom is -0.362 e. The zero-order valence-corrected chi connectivity index (χ0v) is 9.88. The Bertz CT molecular complexity index is 449. The number of hydrogen-bond donors (Lipinski definition) is 1. The maximum atomic E-state index is 11.9. The van der Waals surface area contributed by atoms with E-state index in [1.54, 1.807) is 12.3 Å². The highest BCUT2D eigenvalue weighted by molar-refractivity contribution is 8.18. The van der Waals surface area contributed by atoms with Gasteiger partial charge in [-0.25, -0.2) is 0 Å². The van der Waals surface area contributed by atoms with Crippen LogP contribution in [0.3, 0.4) is 0 Å². The summed E-state index contributed by atoms with van der Waals surface area (Å²) < 4.78 is 0. The third kappa shape index (κ3) is 1.90. The third-order valence-corrected chi connectivity index (χ3v) is 3.13. The summed E-state index contributed by atoms with van der Waals surface area (Å²) >= 11 is 0.987. The molecule has 1 aliphatic rings. The second-order valence-corrected chi connectivity index (χ2v) is 4.76. The van der Waals surface area contributed by atoms with Gasteiger partial charge in [-0.1, -0.05) is 0 Å². The van der Waals surface area contributed by atoms with Crippen LogP contribution in [0.4, 0.5) is 4.79 Å². The standard InChI is InChI=1S/C11H12N2O2S/c1-7(2)13-10(14)9(16-11(13)15)6-8-4-3-5-12-8/h3-7,12H,1-2H3/b9-6-. The van der Waals surface area contributed by atoms with E-state index in [1.807, 2.05) is 26.0 Å². The van der Waals surface area contributed by atoms with E-state index in [9.17, 15) is 9.59 Å². The summed E-state index contributed by atoms with van der Waals surface area (Å²) in [5.41, 5.74) is 0.828. The van der Waals surface area contributed by atoms with Gasteiger partial charge in [0.1, 0.15) is 0 Å². The number of imide groups is 1. The van der Waals surface area contributed by atoms with Crippen molar-refractivity contribution in [1.82, 2.24) is 9.88 Å². The van der Waals surface area contributed by atoms with Crippen LogP contribution in [-0.4, -0.2) is 27.1 Å². The van der Waals surface area contributed by atoms with Gasteiger partial charge < -0.3 is 4.98 Å². The Kier molecular flexibility index (Phi) is 2.87. The van der Waals surface area contributed by atoms with Crippen molar-refractivity contribution in [2.75, 3.05) is 0 Å². The summed E-state index contributed by atoms with van der Waals surface area (Å²) in [6.07, 6.45) is 3.48. The zero-order chi connectivity index (χ0) is 11.7. The van der Waals surface area contributed by atoms with Gasteiger partial charge in [-0.3, -0.25) is 14.5 Å². The molecule has 2 amide bonds. The van der Waals surface area contributed by atoms with Crippen molar-refractivity contribution in [2.24, 2.45) is 0 Å². The monoisotopic (exact) mass is 236 g/mol. The van der Waals surface area contributed by atoms with E-state index in [-0.39, 0.29) is 17.2 Å². The van der Waals surface area contributed by atoms with Crippen molar-refractivity contribution < 1.29 is 9.59 Å². The second kappa shape index (κ2) is 4.17. The number of nitrogens with one attached hydrogen (secondary N) is 1. The average molecular weight is 236 g/mol. The van der Waals surface area contributed by atoms with Crippen LogP contribution in [0.2, 0.25) is 0 Å². The Hall–Kier alpha value is -1.49. The van der Waals surface area contributed by atoms with Crippen LogP contribution >= 0.6 is 11.8 Å². The lowest BCUT2D eigenvalue weighted by molar-refractivity contribution is -0.123. The quantitative estimate of drug-likeness (QED) is 0.802. The fraction of sp³-hybridized carbons (Fsp3) is 0.273. The molecule has 0 aliphatic carbocycles. The fourth-order valence-corrected chi connectivity index (χ4v) is 2.45. The molecule has 0 atom stereocenters. The van der Waals surface area contributed by atoms with Gasteiger partial charge in [0, 0.05) is 17.9 Å². The van der Waals surface area contributed by atoms with Gasteiger partial charge in [0.2, 0.25) is 0 Å². The summed E-state index contributed by atoms with van der Waals surface area (Å²) in [5.74, 6) is -0.209. The van der Waals surface area contributed by atoms with Gasteiger partial charge in [-0.15, -0.1) is 0 Å². The maximum absolute atomic E-state index is 11.9. The molecule has 1 fully saturated rings. The van der Waals surface area contributed by atoms with Crippen LogP contribution in [0, 0.1) is 0 Å². The molecule has 1 aliphatic heterocycles. The first-order valence-electron chi connectivity index (χ1n) is 5.00. The van der Waals surface area contributed by atoms with Gasteiger partial charge >= 0.3 is 0 Å². The first-order valence-corrected chi connectivity index (χ1v) is 5.81. The molecular formula is C11H12N2O2S. The number of H-pyrrole nitrogens is 1. The van der Waals surface area contributed by atoms with Gasteiger partial charge in [-0.2, -0.15) is 0 Å². The van der Waals surface area contributed by atoms with Crippen molar-refractivity contribution in [3.8, 4) is 0 Å². The van der Waals surface area contributed by atoms with Crippen LogP contribution in [-0.2, 0) is 4.79 Å². The molecule has 0 saturated carbocycles. The van der Waals surface area contributed by atoms with E-state index in [4.69, 9.17) is 0 Å². The number of carbonyl (C=O) groups excluding carboxylic acids is 2. The molecule has 1 saturated heterocycles. The smallest absolute Gasteiger partial charge is 0.293 e. The van der Waals surface area contributed by atoms with Crippen LogP contribution in [0.1, 0.15) is 19.5 Å². The van der Waals surface area contributed by atoms with Gasteiger partial charge in [-0.05, 0) is 43.8 Å². The minimum absolute atomic E-state index is 0.0953. The molecule has 0 bridgehead atoms. The lowest BCUT2D eigenvalue weighted by Gasteiger charge is -2.16. The molecule has 84 valence electrons. The minimum atomic E-state index is -0.209. The van der Waals surface area contributed by atoms with E-state index in [2.05, 4.69) is 4.98 Å². The molecular weight excluding hydrogens is 224 g/mol. The van der Waals surface area contributed by atoms with Crippen LogP contribution in [0.25, 0.3) is 6.08 Å². The fourth-order valence-electron chi connectivity index (χ4n) is 1.50. The summed E-state index contributed by atoms with van der Waals surface area (Å²) in [4.78, 5) is 28.2. The molecule has 0 unspecified atom stereocenters. The van der Waals surface area contributed by atoms with Crippen LogP contribution in [0.5, 0.6) is 0 Å². The highest BCUT2D eigenvalue weighted by Crippen LogP contribution is 2.33. The molecule has 1 aromatic rings. The van der Waals surface area contributed by atoms with Crippen molar-refractivity contribution in [1.29, 1.82) is 0 Å². The van der Waals surface area contributed by atoms with Gasteiger partial charge in [0.25, 0.3) is 11.1 Å². The molecule has 16 heavy (non-hydrogen) atoms. The number of aromatic nitrogens is 1. The Morgan fingerprint density at radius 3 is 2.69 bits per heavy atom. The van der Waals surface area contributed by atoms with E-state index in [1.165, 1.54) is 4.90 Å². The number of thioether (sulfide) groups is 1. The predicted molar refractivity (Wildman–Crippen MR) is 63.7 cm³/mol. The number of amides is 2. The van der Waals surface area contributed by atoms with Crippen molar-refractivity contribution in [3.05, 3.63) is 28.9 Å². The highest BCUT2D eigenvalue weighted by atomic mass is 32.2. The van der Waals surface area contributed by atoms with Crippen LogP contribution in [0.15, 0.2) is 23.2 Å². The van der Waals surface area contributed by atoms with Crippen molar-refractivity contribution >= 4 is 29.0 Å². The number of carbonyl (C=O) groups is 2. The zero-order valence-electron chi connectivity index (χ0n) is 9.06. The Morgan fingerprint density at radius 1 is 1.44 bits per heavy atom. The van der Waals surface area contributed by atoms with Gasteiger partial charge in [0.15, 0.2) is 0 Å². The van der Waals surface area contributed by atoms with E-state index >= 15 is 0 Å². The Balaban J connectivity index is 2.27. The summed E-state index contributed by atoms with van der Waals surface area (Å²) in [7, 11) is 0. The summed E-state index contributed by atoms with van der Waals surface area (Å²) in [6.45, 7) is 3.65. The van der Waals surface area contributed by atoms with Gasteiger partial charge in [0.05, 0.1) is 4.91 Å². The molecule has 0 aromatic carbocycles. The highest BCUT2D eigenvalue weighted by Gasteiger charge is 2.36. The second-order valence-electron chi connectivity index (χ2n) is 3.77. The van der Waals surface area contributed by atoms with Crippen molar-refractivity contribution in [3.63, 3.8) is 0 Å². The summed E-state index contributed by atoms with van der Waals surface area (Å²) in [6, 6.07) is 3.60. The topological polar surface area (TPSA) is 53.2 Å². The first kappa shape index (κ1) is 11.0. The molecule has 2 rings (SSSR count). The van der Waals surface area contributed by atoms with Crippen LogP contribution < -0.4 is 0 Å². The first-order chi connectivity index (χ1) is 7.59. The molecule has 1 aromatic heterocycles. The number of hydrogen-bond acceptors (Lipinski definition) is 3. The largest absolute Gasteiger partial charge is 0.362 e. The predicted octanol–water partition coefficient (Wildman–Crippen LogP) is 2.46. The number of nitrogens with zero attached hydrogens (tertiary/aromatic N) is 1. The Labute approximate surface area is 97.7 Å². The van der Waals surface area contributed by atoms with Crippen molar-refractivity contribution in [2.45, 2.75) is 19.9 Å². The molecule has 1 N–H and O–H groups in total. The maximum Gasteiger partial charge on any atom is 0.293 e. The SMILES string of the molecule is CC(C)N1C(=O)S/C(=C\c2ccc[nH]2)C1=O. The van der Waals surface area contributed by atoms with E-state index < -0.39 is 0 Å². The molecule has 0 radical (unpaired) electrons. The Morgan fingerprint density at radius 2 is 2.19 bits per heavy atom. The lowest BCUT2D eigenvalue weighted by Crippen LogP contribution is -2.34. The molecule has 4 nitrogen and oxygen atoms in total. The van der Waals surface area contributed by atoms with E-state index in [0.29, 0.717) is 4.91 Å². The normalized spacial score (nSPS) is 19.2. The summed E-state index contributed by atoms with van der Waals surface area (Å²) in [5, 5.41) is -0.196.